The molecular weight excluding hydrogens is 214 g/mol. The standard InChI is InChI=1S/C13H13N3O/c1-8-7-16-9(2)12(13(14)17)11(8)10-3-5-15-6-4-10/h3-7H,1-2H3,(H2,14,17). The normalized spacial score (nSPS) is 10.2. The first-order valence-corrected chi connectivity index (χ1v) is 5.27. The van der Waals surface area contributed by atoms with Gasteiger partial charge in [0.15, 0.2) is 0 Å². The van der Waals surface area contributed by atoms with Crippen LogP contribution in [0.1, 0.15) is 21.6 Å². The Balaban J connectivity index is 2.76. The molecule has 0 aliphatic carbocycles. The van der Waals surface area contributed by atoms with Crippen molar-refractivity contribution in [3.63, 3.8) is 0 Å². The Labute approximate surface area is 99.5 Å². The smallest absolute Gasteiger partial charge is 0.251 e. The van der Waals surface area contributed by atoms with Crippen molar-refractivity contribution >= 4 is 5.91 Å². The Kier molecular flexibility index (Phi) is 2.87. The number of nitrogens with zero attached hydrogens (tertiary/aromatic N) is 2. The van der Waals surface area contributed by atoms with E-state index in [0.29, 0.717) is 11.3 Å². The number of nitrogens with two attached hydrogens (primary N) is 1. The minimum atomic E-state index is -0.453. The number of hydrogen-bond acceptors (Lipinski definition) is 3. The maximum atomic E-state index is 11.5. The Bertz CT molecular complexity index is 564. The molecule has 0 fully saturated rings. The van der Waals surface area contributed by atoms with Gasteiger partial charge in [0.2, 0.25) is 0 Å². The highest BCUT2D eigenvalue weighted by Gasteiger charge is 2.16. The fraction of sp³-hybridized carbons (Fsp3) is 0.154. The van der Waals surface area contributed by atoms with E-state index in [1.807, 2.05) is 19.1 Å². The van der Waals surface area contributed by atoms with Gasteiger partial charge in [-0.3, -0.25) is 14.8 Å². The maximum Gasteiger partial charge on any atom is 0.251 e. The lowest BCUT2D eigenvalue weighted by Crippen LogP contribution is -2.16. The molecule has 1 amide bonds. The summed E-state index contributed by atoms with van der Waals surface area (Å²) >= 11 is 0. The zero-order chi connectivity index (χ0) is 12.4. The van der Waals surface area contributed by atoms with Gasteiger partial charge in [-0.2, -0.15) is 0 Å². The first-order valence-electron chi connectivity index (χ1n) is 5.27. The third-order valence-corrected chi connectivity index (χ3v) is 2.67. The summed E-state index contributed by atoms with van der Waals surface area (Å²) in [5, 5.41) is 0. The Hall–Kier alpha value is -2.23. The quantitative estimate of drug-likeness (QED) is 0.851. The first kappa shape index (κ1) is 11.3. The first-order chi connectivity index (χ1) is 8.11. The number of aryl methyl sites for hydroxylation is 2. The van der Waals surface area contributed by atoms with Crippen molar-refractivity contribution in [1.29, 1.82) is 0 Å². The molecule has 0 radical (unpaired) electrons. The minimum Gasteiger partial charge on any atom is -0.366 e. The van der Waals surface area contributed by atoms with Crippen molar-refractivity contribution in [2.24, 2.45) is 5.73 Å². The van der Waals surface area contributed by atoms with Crippen LogP contribution in [-0.2, 0) is 0 Å². The van der Waals surface area contributed by atoms with Gasteiger partial charge in [-0.25, -0.2) is 0 Å². The van der Waals surface area contributed by atoms with E-state index in [1.54, 1.807) is 25.5 Å². The highest BCUT2D eigenvalue weighted by atomic mass is 16.1. The van der Waals surface area contributed by atoms with Crippen LogP contribution in [0.3, 0.4) is 0 Å². The highest BCUT2D eigenvalue weighted by Crippen LogP contribution is 2.27. The molecule has 2 rings (SSSR count). The van der Waals surface area contributed by atoms with E-state index < -0.39 is 5.91 Å². The second-order valence-electron chi connectivity index (χ2n) is 3.88. The monoisotopic (exact) mass is 227 g/mol. The van der Waals surface area contributed by atoms with E-state index in [-0.39, 0.29) is 0 Å². The SMILES string of the molecule is Cc1cnc(C)c(C(N)=O)c1-c1ccncc1. The van der Waals surface area contributed by atoms with Gasteiger partial charge in [-0.1, -0.05) is 0 Å². The van der Waals surface area contributed by atoms with Crippen LogP contribution >= 0.6 is 0 Å². The van der Waals surface area contributed by atoms with E-state index >= 15 is 0 Å². The number of primary amides is 1. The van der Waals surface area contributed by atoms with Gasteiger partial charge in [0.25, 0.3) is 5.91 Å². The third kappa shape index (κ3) is 2.01. The average Bonchev–Trinajstić information content (AvgIpc) is 2.32. The van der Waals surface area contributed by atoms with Gasteiger partial charge in [0.05, 0.1) is 11.3 Å². The molecule has 0 aromatic carbocycles. The molecular formula is C13H13N3O. The molecule has 0 aliphatic heterocycles. The molecule has 0 unspecified atom stereocenters. The molecule has 17 heavy (non-hydrogen) atoms. The van der Waals surface area contributed by atoms with Crippen LogP contribution < -0.4 is 5.73 Å². The average molecular weight is 227 g/mol. The molecule has 2 heterocycles. The van der Waals surface area contributed by atoms with Crippen LogP contribution in [0.15, 0.2) is 30.7 Å². The van der Waals surface area contributed by atoms with Crippen molar-refractivity contribution in [1.82, 2.24) is 9.97 Å². The zero-order valence-electron chi connectivity index (χ0n) is 9.77. The van der Waals surface area contributed by atoms with Crippen LogP contribution in [0.4, 0.5) is 0 Å². The number of pyridine rings is 2. The predicted molar refractivity (Wildman–Crippen MR) is 65.5 cm³/mol. The van der Waals surface area contributed by atoms with E-state index in [2.05, 4.69) is 9.97 Å². The summed E-state index contributed by atoms with van der Waals surface area (Å²) in [4.78, 5) is 19.7. The van der Waals surface area contributed by atoms with Crippen LogP contribution in [0.2, 0.25) is 0 Å². The van der Waals surface area contributed by atoms with E-state index in [4.69, 9.17) is 5.73 Å². The Morgan fingerprint density at radius 1 is 1.24 bits per heavy atom. The summed E-state index contributed by atoms with van der Waals surface area (Å²) in [5.41, 5.74) is 9.25. The van der Waals surface area contributed by atoms with Crippen LogP contribution in [0, 0.1) is 13.8 Å². The molecule has 2 N–H and O–H groups in total. The second-order valence-corrected chi connectivity index (χ2v) is 3.88. The number of aromatic nitrogens is 2. The molecule has 0 saturated heterocycles. The number of carbonyl (C=O) groups excluding carboxylic acids is 1. The van der Waals surface area contributed by atoms with Gasteiger partial charge < -0.3 is 5.73 Å². The second kappa shape index (κ2) is 4.33. The number of rotatable bonds is 2. The number of amides is 1. The lowest BCUT2D eigenvalue weighted by molar-refractivity contribution is 0.1000. The van der Waals surface area contributed by atoms with Crippen molar-refractivity contribution in [3.8, 4) is 11.1 Å². The summed E-state index contributed by atoms with van der Waals surface area (Å²) in [7, 11) is 0. The highest BCUT2D eigenvalue weighted by molar-refractivity contribution is 6.01. The van der Waals surface area contributed by atoms with E-state index in [1.165, 1.54) is 0 Å². The largest absolute Gasteiger partial charge is 0.366 e. The van der Waals surface area contributed by atoms with Crippen molar-refractivity contribution in [3.05, 3.63) is 47.5 Å². The van der Waals surface area contributed by atoms with Gasteiger partial charge >= 0.3 is 0 Å². The molecule has 2 aromatic rings. The van der Waals surface area contributed by atoms with Gasteiger partial charge in [0, 0.05) is 24.2 Å². The summed E-state index contributed by atoms with van der Waals surface area (Å²) in [6, 6.07) is 3.71. The van der Waals surface area contributed by atoms with Gasteiger partial charge in [-0.15, -0.1) is 0 Å². The van der Waals surface area contributed by atoms with Crippen molar-refractivity contribution in [2.45, 2.75) is 13.8 Å². The molecule has 0 aliphatic rings. The molecule has 4 heteroatoms. The van der Waals surface area contributed by atoms with Crippen molar-refractivity contribution in [2.75, 3.05) is 0 Å². The summed E-state index contributed by atoms with van der Waals surface area (Å²) in [6.07, 6.45) is 5.13. The fourth-order valence-corrected chi connectivity index (χ4v) is 1.89. The zero-order valence-corrected chi connectivity index (χ0v) is 9.77. The van der Waals surface area contributed by atoms with E-state index in [9.17, 15) is 4.79 Å². The third-order valence-electron chi connectivity index (χ3n) is 2.67. The van der Waals surface area contributed by atoms with E-state index in [0.717, 1.165) is 16.7 Å². The predicted octanol–water partition coefficient (Wildman–Crippen LogP) is 1.86. The molecule has 0 saturated carbocycles. The van der Waals surface area contributed by atoms with Gasteiger partial charge in [-0.05, 0) is 37.1 Å². The molecule has 0 bridgehead atoms. The molecule has 2 aromatic heterocycles. The number of carbonyl (C=O) groups is 1. The number of hydrogen-bond donors (Lipinski definition) is 1. The molecule has 86 valence electrons. The lowest BCUT2D eigenvalue weighted by atomic mass is 9.96. The Morgan fingerprint density at radius 2 is 1.88 bits per heavy atom. The summed E-state index contributed by atoms with van der Waals surface area (Å²) in [5.74, 6) is -0.453. The maximum absolute atomic E-state index is 11.5. The van der Waals surface area contributed by atoms with Crippen LogP contribution in [-0.4, -0.2) is 15.9 Å². The lowest BCUT2D eigenvalue weighted by Gasteiger charge is -2.12. The Morgan fingerprint density at radius 3 is 2.47 bits per heavy atom. The van der Waals surface area contributed by atoms with Crippen LogP contribution in [0.25, 0.3) is 11.1 Å². The van der Waals surface area contributed by atoms with Crippen LogP contribution in [0.5, 0.6) is 0 Å². The van der Waals surface area contributed by atoms with Gasteiger partial charge in [0.1, 0.15) is 0 Å². The minimum absolute atomic E-state index is 0.453. The molecule has 0 spiro atoms. The summed E-state index contributed by atoms with van der Waals surface area (Å²) in [6.45, 7) is 3.69. The summed E-state index contributed by atoms with van der Waals surface area (Å²) < 4.78 is 0. The molecule has 4 nitrogen and oxygen atoms in total. The topological polar surface area (TPSA) is 68.9 Å². The van der Waals surface area contributed by atoms with Crippen molar-refractivity contribution < 1.29 is 4.79 Å². The fourth-order valence-electron chi connectivity index (χ4n) is 1.89. The molecule has 0 atom stereocenters.